The number of benzene rings is 2. The number of methoxy groups -OCH3 is 2. The summed E-state index contributed by atoms with van der Waals surface area (Å²) in [7, 11) is -1.60. The minimum absolute atomic E-state index is 0.151. The highest BCUT2D eigenvalue weighted by atomic mass is 32.2. The van der Waals surface area contributed by atoms with Gasteiger partial charge >= 0.3 is 5.97 Å². The molecule has 2 unspecified atom stereocenters. The minimum Gasteiger partial charge on any atom is -0.497 e. The van der Waals surface area contributed by atoms with Crippen LogP contribution in [0.3, 0.4) is 0 Å². The van der Waals surface area contributed by atoms with Crippen molar-refractivity contribution < 1.29 is 32.6 Å². The molecule has 156 valence electrons. The number of aliphatic hydroxyl groups is 1. The number of sulfonamides is 1. The normalized spacial score (nSPS) is 13.2. The maximum atomic E-state index is 12.7. The van der Waals surface area contributed by atoms with Crippen molar-refractivity contribution in [2.75, 3.05) is 19.5 Å². The lowest BCUT2D eigenvalue weighted by Crippen LogP contribution is -2.45. The number of hydrogen-bond donors (Lipinski definition) is 3. The predicted octanol–water partition coefficient (Wildman–Crippen LogP) is 1.21. The Morgan fingerprint density at radius 3 is 2.07 bits per heavy atom. The summed E-state index contributed by atoms with van der Waals surface area (Å²) >= 11 is 0. The van der Waals surface area contributed by atoms with Gasteiger partial charge in [0.2, 0.25) is 15.9 Å². The highest BCUT2D eigenvalue weighted by Crippen LogP contribution is 2.23. The first-order valence-corrected chi connectivity index (χ1v) is 9.96. The number of esters is 1. The quantitative estimate of drug-likeness (QED) is 0.545. The zero-order valence-corrected chi connectivity index (χ0v) is 16.9. The maximum Gasteiger partial charge on any atom is 0.326 e. The second-order valence-corrected chi connectivity index (χ2v) is 7.76. The Kier molecular flexibility index (Phi) is 7.32. The van der Waals surface area contributed by atoms with Gasteiger partial charge in [-0.25, -0.2) is 8.42 Å². The van der Waals surface area contributed by atoms with Crippen molar-refractivity contribution in [2.24, 2.45) is 0 Å². The third-order valence-corrected chi connectivity index (χ3v) is 5.45. The average molecular weight is 422 g/mol. The van der Waals surface area contributed by atoms with E-state index in [0.717, 1.165) is 7.11 Å². The van der Waals surface area contributed by atoms with E-state index in [0.29, 0.717) is 17.0 Å². The molecule has 29 heavy (non-hydrogen) atoms. The average Bonchev–Trinajstić information content (AvgIpc) is 2.71. The van der Waals surface area contributed by atoms with Gasteiger partial charge in [0.15, 0.2) is 0 Å². The van der Waals surface area contributed by atoms with Gasteiger partial charge in [-0.1, -0.05) is 12.1 Å². The van der Waals surface area contributed by atoms with Crippen molar-refractivity contribution in [3.8, 4) is 5.75 Å². The van der Waals surface area contributed by atoms with E-state index in [4.69, 9.17) is 4.74 Å². The fourth-order valence-electron chi connectivity index (χ4n) is 2.52. The van der Waals surface area contributed by atoms with E-state index in [-0.39, 0.29) is 10.8 Å². The van der Waals surface area contributed by atoms with Crippen molar-refractivity contribution in [1.29, 1.82) is 0 Å². The molecule has 2 aromatic rings. The van der Waals surface area contributed by atoms with E-state index < -0.39 is 28.1 Å². The molecule has 0 aliphatic carbocycles. The number of carbonyl (C=O) groups excluding carboxylic acids is 2. The van der Waals surface area contributed by atoms with Crippen molar-refractivity contribution in [2.45, 2.75) is 24.0 Å². The summed E-state index contributed by atoms with van der Waals surface area (Å²) in [5, 5.41) is 13.1. The summed E-state index contributed by atoms with van der Waals surface area (Å²) in [6.45, 7) is 1.33. The van der Waals surface area contributed by atoms with Crippen LogP contribution in [-0.4, -0.2) is 45.7 Å². The van der Waals surface area contributed by atoms with Gasteiger partial charge in [0.25, 0.3) is 0 Å². The standard InChI is InChI=1S/C19H22N2O7S/c1-12(22)20-14-6-10-16(11-7-14)29(25,26)21-17(19(24)28-3)18(23)13-4-8-15(27-2)9-5-13/h4-11,17-18,21,23H,1-3H3,(H,20,22). The smallest absolute Gasteiger partial charge is 0.326 e. The lowest BCUT2D eigenvalue weighted by atomic mass is 10.0. The SMILES string of the molecule is COC(=O)C(NS(=O)(=O)c1ccc(NC(C)=O)cc1)C(O)c1ccc(OC)cc1. The molecule has 0 aromatic heterocycles. The number of anilines is 1. The molecule has 3 N–H and O–H groups in total. The second kappa shape index (κ2) is 9.50. The van der Waals surface area contributed by atoms with Crippen molar-refractivity contribution in [1.82, 2.24) is 4.72 Å². The number of ether oxygens (including phenoxy) is 2. The first-order chi connectivity index (χ1) is 13.7. The van der Waals surface area contributed by atoms with Crippen LogP contribution in [0.2, 0.25) is 0 Å². The fourth-order valence-corrected chi connectivity index (χ4v) is 3.71. The molecule has 9 nitrogen and oxygen atoms in total. The number of hydrogen-bond acceptors (Lipinski definition) is 7. The lowest BCUT2D eigenvalue weighted by Gasteiger charge is -2.22. The van der Waals surface area contributed by atoms with Crippen LogP contribution in [0.5, 0.6) is 5.75 Å². The molecule has 10 heteroatoms. The Bertz CT molecular complexity index is 957. The van der Waals surface area contributed by atoms with Crippen LogP contribution in [0.25, 0.3) is 0 Å². The molecule has 0 saturated carbocycles. The molecular weight excluding hydrogens is 400 g/mol. The molecule has 1 amide bonds. The van der Waals surface area contributed by atoms with Crippen LogP contribution >= 0.6 is 0 Å². The first-order valence-electron chi connectivity index (χ1n) is 8.47. The molecule has 0 saturated heterocycles. The molecule has 0 aliphatic rings. The van der Waals surface area contributed by atoms with E-state index in [2.05, 4.69) is 14.8 Å². The molecule has 0 heterocycles. The summed E-state index contributed by atoms with van der Waals surface area (Å²) in [4.78, 5) is 23.1. The van der Waals surface area contributed by atoms with Gasteiger partial charge in [-0.3, -0.25) is 9.59 Å². The Hall–Kier alpha value is -2.95. The molecule has 0 radical (unpaired) electrons. The molecule has 0 bridgehead atoms. The number of aliphatic hydroxyl groups excluding tert-OH is 1. The Morgan fingerprint density at radius 1 is 1.00 bits per heavy atom. The first kappa shape index (κ1) is 22.3. The van der Waals surface area contributed by atoms with Crippen LogP contribution < -0.4 is 14.8 Å². The largest absolute Gasteiger partial charge is 0.497 e. The van der Waals surface area contributed by atoms with E-state index in [1.807, 2.05) is 0 Å². The van der Waals surface area contributed by atoms with Crippen LogP contribution in [-0.2, 0) is 24.3 Å². The summed E-state index contributed by atoms with van der Waals surface area (Å²) < 4.78 is 37.3. The Morgan fingerprint density at radius 2 is 1.59 bits per heavy atom. The number of carbonyl (C=O) groups is 2. The molecule has 0 spiro atoms. The van der Waals surface area contributed by atoms with Gasteiger partial charge in [-0.05, 0) is 42.0 Å². The van der Waals surface area contributed by atoms with E-state index in [9.17, 15) is 23.1 Å². The molecule has 2 aromatic carbocycles. The van der Waals surface area contributed by atoms with Crippen LogP contribution in [0.1, 0.15) is 18.6 Å². The summed E-state index contributed by atoms with van der Waals surface area (Å²) in [5.41, 5.74) is 0.712. The fraction of sp³-hybridized carbons (Fsp3) is 0.263. The molecular formula is C19H22N2O7S. The lowest BCUT2D eigenvalue weighted by molar-refractivity contribution is -0.145. The monoisotopic (exact) mass is 422 g/mol. The number of nitrogens with one attached hydrogen (secondary N) is 2. The van der Waals surface area contributed by atoms with Gasteiger partial charge in [-0.15, -0.1) is 0 Å². The van der Waals surface area contributed by atoms with Gasteiger partial charge in [0.1, 0.15) is 17.9 Å². The Labute approximate surface area is 168 Å². The molecule has 0 fully saturated rings. The highest BCUT2D eigenvalue weighted by Gasteiger charge is 2.33. The topological polar surface area (TPSA) is 131 Å². The highest BCUT2D eigenvalue weighted by molar-refractivity contribution is 7.89. The third-order valence-electron chi connectivity index (χ3n) is 4.00. The minimum atomic E-state index is -4.17. The van der Waals surface area contributed by atoms with Gasteiger partial charge < -0.3 is 19.9 Å². The second-order valence-electron chi connectivity index (χ2n) is 6.05. The number of rotatable bonds is 8. The zero-order chi connectivity index (χ0) is 21.6. The van der Waals surface area contributed by atoms with Gasteiger partial charge in [-0.2, -0.15) is 4.72 Å². The van der Waals surface area contributed by atoms with Crippen molar-refractivity contribution in [3.63, 3.8) is 0 Å². The van der Waals surface area contributed by atoms with Gasteiger partial charge in [0.05, 0.1) is 19.1 Å². The molecule has 0 aliphatic heterocycles. The van der Waals surface area contributed by atoms with Crippen LogP contribution in [0.15, 0.2) is 53.4 Å². The van der Waals surface area contributed by atoms with Crippen molar-refractivity contribution in [3.05, 3.63) is 54.1 Å². The maximum absolute atomic E-state index is 12.7. The zero-order valence-electron chi connectivity index (χ0n) is 16.1. The third kappa shape index (κ3) is 5.76. The number of amides is 1. The van der Waals surface area contributed by atoms with Crippen molar-refractivity contribution >= 4 is 27.6 Å². The predicted molar refractivity (Wildman–Crippen MR) is 105 cm³/mol. The van der Waals surface area contributed by atoms with E-state index >= 15 is 0 Å². The summed E-state index contributed by atoms with van der Waals surface area (Å²) in [6, 6.07) is 9.93. The summed E-state index contributed by atoms with van der Waals surface area (Å²) in [6.07, 6.45) is -1.50. The molecule has 2 rings (SSSR count). The van der Waals surface area contributed by atoms with E-state index in [1.165, 1.54) is 50.4 Å². The van der Waals surface area contributed by atoms with E-state index in [1.54, 1.807) is 12.1 Å². The summed E-state index contributed by atoms with van der Waals surface area (Å²) in [5.74, 6) is -0.714. The molecule has 2 atom stereocenters. The van der Waals surface area contributed by atoms with Crippen LogP contribution in [0.4, 0.5) is 5.69 Å². The van der Waals surface area contributed by atoms with Gasteiger partial charge in [0, 0.05) is 12.6 Å². The Balaban J connectivity index is 2.27. The van der Waals surface area contributed by atoms with Crippen LogP contribution in [0, 0.1) is 0 Å².